The summed E-state index contributed by atoms with van der Waals surface area (Å²) in [6.45, 7) is 5.13. The molecule has 9 heteroatoms. The van der Waals surface area contributed by atoms with Crippen molar-refractivity contribution in [1.82, 2.24) is 20.1 Å². The van der Waals surface area contributed by atoms with Crippen molar-refractivity contribution in [1.29, 1.82) is 0 Å². The predicted molar refractivity (Wildman–Crippen MR) is 142 cm³/mol. The summed E-state index contributed by atoms with van der Waals surface area (Å²) in [4.78, 5) is 35.0. The van der Waals surface area contributed by atoms with Crippen molar-refractivity contribution in [2.75, 3.05) is 39.8 Å². The maximum Gasteiger partial charge on any atom is 0.257 e. The van der Waals surface area contributed by atoms with E-state index < -0.39 is 11.9 Å². The van der Waals surface area contributed by atoms with E-state index in [1.807, 2.05) is 38.2 Å². The Labute approximate surface area is 222 Å². The Morgan fingerprint density at radius 3 is 2.54 bits per heavy atom. The highest BCUT2D eigenvalue weighted by atomic mass is 35.5. The molecule has 0 spiro atoms. The van der Waals surface area contributed by atoms with Crippen molar-refractivity contribution in [2.45, 2.75) is 19.6 Å². The molecule has 8 nitrogen and oxygen atoms in total. The number of pyridine rings is 1. The number of nitrogens with zero attached hydrogens (tertiary/aromatic N) is 3. The first-order valence-corrected chi connectivity index (χ1v) is 12.6. The average Bonchev–Trinajstić information content (AvgIpc) is 2.90. The topological polar surface area (TPSA) is 84.0 Å². The number of halogens is 1. The number of aryl methyl sites for hydroxylation is 1. The molecule has 1 aromatic heterocycles. The molecular formula is C28H31ClN4O4. The highest BCUT2D eigenvalue weighted by Crippen LogP contribution is 2.24. The zero-order valence-electron chi connectivity index (χ0n) is 21.0. The minimum absolute atomic E-state index is 0.0402. The van der Waals surface area contributed by atoms with E-state index >= 15 is 0 Å². The lowest BCUT2D eigenvalue weighted by Gasteiger charge is -2.34. The fourth-order valence-electron chi connectivity index (χ4n) is 4.01. The van der Waals surface area contributed by atoms with Crippen LogP contribution in [-0.2, 0) is 16.1 Å². The van der Waals surface area contributed by atoms with E-state index in [-0.39, 0.29) is 24.0 Å². The Morgan fingerprint density at radius 2 is 1.81 bits per heavy atom. The van der Waals surface area contributed by atoms with E-state index in [0.29, 0.717) is 30.5 Å². The van der Waals surface area contributed by atoms with Crippen LogP contribution in [0.4, 0.5) is 0 Å². The Balaban J connectivity index is 1.48. The van der Waals surface area contributed by atoms with E-state index in [4.69, 9.17) is 21.1 Å². The zero-order valence-corrected chi connectivity index (χ0v) is 21.8. The van der Waals surface area contributed by atoms with Gasteiger partial charge >= 0.3 is 0 Å². The Kier molecular flexibility index (Phi) is 9.11. The molecule has 2 heterocycles. The second-order valence-electron chi connectivity index (χ2n) is 9.07. The van der Waals surface area contributed by atoms with Crippen molar-refractivity contribution < 1.29 is 19.1 Å². The second-order valence-corrected chi connectivity index (χ2v) is 9.51. The zero-order chi connectivity index (χ0) is 26.2. The summed E-state index contributed by atoms with van der Waals surface area (Å²) in [6.07, 6.45) is 1.54. The number of nitrogens with one attached hydrogen (secondary N) is 1. The SMILES string of the molecule is Cc1cccc(COC[C@@H](NC(=O)c2cccnc2Oc2ccc(Cl)cc2)C(=O)N2CCN(C)CC2)c1. The van der Waals surface area contributed by atoms with Crippen LogP contribution in [0.1, 0.15) is 21.5 Å². The number of likely N-dealkylation sites (N-methyl/N-ethyl adjacent to an activating group) is 1. The summed E-state index contributed by atoms with van der Waals surface area (Å²) < 4.78 is 11.8. The molecule has 1 fully saturated rings. The van der Waals surface area contributed by atoms with Gasteiger partial charge in [-0.05, 0) is 55.9 Å². The molecule has 194 valence electrons. The van der Waals surface area contributed by atoms with Crippen LogP contribution in [0, 0.1) is 6.92 Å². The van der Waals surface area contributed by atoms with Gasteiger partial charge in [-0.2, -0.15) is 0 Å². The van der Waals surface area contributed by atoms with Gasteiger partial charge in [-0.25, -0.2) is 4.98 Å². The van der Waals surface area contributed by atoms with Crippen molar-refractivity contribution >= 4 is 23.4 Å². The minimum atomic E-state index is -0.857. The normalized spacial score (nSPS) is 14.7. The van der Waals surface area contributed by atoms with E-state index in [0.717, 1.165) is 24.2 Å². The van der Waals surface area contributed by atoms with Gasteiger partial charge in [0, 0.05) is 37.4 Å². The number of hydrogen-bond acceptors (Lipinski definition) is 6. The maximum atomic E-state index is 13.4. The highest BCUT2D eigenvalue weighted by molar-refractivity contribution is 6.30. The predicted octanol–water partition coefficient (Wildman–Crippen LogP) is 3.92. The lowest BCUT2D eigenvalue weighted by Crippen LogP contribution is -2.55. The number of rotatable bonds is 9. The molecular weight excluding hydrogens is 492 g/mol. The quantitative estimate of drug-likeness (QED) is 0.458. The molecule has 1 aliphatic rings. The van der Waals surface area contributed by atoms with E-state index in [1.54, 1.807) is 47.5 Å². The van der Waals surface area contributed by atoms with Crippen molar-refractivity contribution in [3.05, 3.63) is 88.6 Å². The number of piperazine rings is 1. The number of amides is 2. The first-order valence-electron chi connectivity index (χ1n) is 12.2. The minimum Gasteiger partial charge on any atom is -0.438 e. The molecule has 2 amide bonds. The third-order valence-electron chi connectivity index (χ3n) is 6.10. The molecule has 0 saturated carbocycles. The lowest BCUT2D eigenvalue weighted by atomic mass is 10.1. The van der Waals surface area contributed by atoms with Gasteiger partial charge in [0.2, 0.25) is 11.8 Å². The van der Waals surface area contributed by atoms with Crippen LogP contribution in [0.3, 0.4) is 0 Å². The van der Waals surface area contributed by atoms with Crippen LogP contribution in [-0.4, -0.2) is 72.5 Å². The van der Waals surface area contributed by atoms with E-state index in [2.05, 4.69) is 15.2 Å². The summed E-state index contributed by atoms with van der Waals surface area (Å²) in [5, 5.41) is 3.44. The van der Waals surface area contributed by atoms with Crippen molar-refractivity contribution in [2.24, 2.45) is 0 Å². The van der Waals surface area contributed by atoms with Crippen LogP contribution < -0.4 is 10.1 Å². The van der Waals surface area contributed by atoms with E-state index in [9.17, 15) is 9.59 Å². The number of ether oxygens (including phenoxy) is 2. The number of hydrogen-bond donors (Lipinski definition) is 1. The summed E-state index contributed by atoms with van der Waals surface area (Å²) in [5.41, 5.74) is 2.35. The van der Waals surface area contributed by atoms with Gasteiger partial charge < -0.3 is 24.6 Å². The van der Waals surface area contributed by atoms with Crippen LogP contribution in [0.2, 0.25) is 5.02 Å². The van der Waals surface area contributed by atoms with Gasteiger partial charge in [-0.3, -0.25) is 9.59 Å². The first-order chi connectivity index (χ1) is 17.9. The third-order valence-corrected chi connectivity index (χ3v) is 6.35. The van der Waals surface area contributed by atoms with Crippen molar-refractivity contribution in [3.63, 3.8) is 0 Å². The molecule has 4 rings (SSSR count). The van der Waals surface area contributed by atoms with Gasteiger partial charge in [-0.1, -0.05) is 41.4 Å². The standard InChI is InChI=1S/C28H31ClN4O4/c1-20-5-3-6-21(17-20)18-36-19-25(28(35)33-15-13-32(2)14-16-33)31-26(34)24-7-4-12-30-27(24)37-23-10-8-22(29)9-11-23/h3-12,17,25H,13-16,18-19H2,1-2H3,(H,31,34)/t25-/m1/s1. The van der Waals surface area contributed by atoms with Gasteiger partial charge in [0.15, 0.2) is 0 Å². The average molecular weight is 523 g/mol. The molecule has 37 heavy (non-hydrogen) atoms. The summed E-state index contributed by atoms with van der Waals surface area (Å²) in [5.74, 6) is -0.0176. The number of carbonyl (C=O) groups is 2. The smallest absolute Gasteiger partial charge is 0.257 e. The molecule has 1 atom stereocenters. The summed E-state index contributed by atoms with van der Waals surface area (Å²) >= 11 is 5.96. The fourth-order valence-corrected chi connectivity index (χ4v) is 4.14. The molecule has 0 radical (unpaired) electrons. The molecule has 3 aromatic rings. The molecule has 0 bridgehead atoms. The fraction of sp³-hybridized carbons (Fsp3) is 0.321. The Hall–Kier alpha value is -3.46. The van der Waals surface area contributed by atoms with Gasteiger partial charge in [0.25, 0.3) is 5.91 Å². The molecule has 1 N–H and O–H groups in total. The number of aromatic nitrogens is 1. The van der Waals surface area contributed by atoms with Gasteiger partial charge in [0.05, 0.1) is 13.2 Å². The number of benzene rings is 2. The molecule has 2 aromatic carbocycles. The molecule has 1 saturated heterocycles. The first kappa shape index (κ1) is 26.6. The van der Waals surface area contributed by atoms with Crippen LogP contribution in [0.15, 0.2) is 66.9 Å². The van der Waals surface area contributed by atoms with Gasteiger partial charge in [0.1, 0.15) is 17.4 Å². The second kappa shape index (κ2) is 12.7. The molecule has 0 aliphatic carbocycles. The monoisotopic (exact) mass is 522 g/mol. The van der Waals surface area contributed by atoms with Crippen LogP contribution in [0.5, 0.6) is 11.6 Å². The lowest BCUT2D eigenvalue weighted by molar-refractivity contribution is -0.136. The highest BCUT2D eigenvalue weighted by Gasteiger charge is 2.29. The largest absolute Gasteiger partial charge is 0.438 e. The van der Waals surface area contributed by atoms with Crippen LogP contribution >= 0.6 is 11.6 Å². The third kappa shape index (κ3) is 7.52. The van der Waals surface area contributed by atoms with E-state index in [1.165, 1.54) is 0 Å². The molecule has 1 aliphatic heterocycles. The molecule has 0 unspecified atom stereocenters. The number of carbonyl (C=O) groups excluding carboxylic acids is 2. The van der Waals surface area contributed by atoms with Crippen LogP contribution in [0.25, 0.3) is 0 Å². The Morgan fingerprint density at radius 1 is 1.05 bits per heavy atom. The van der Waals surface area contributed by atoms with Crippen molar-refractivity contribution in [3.8, 4) is 11.6 Å². The Bertz CT molecular complexity index is 1210. The van der Waals surface area contributed by atoms with Gasteiger partial charge in [-0.15, -0.1) is 0 Å². The maximum absolute atomic E-state index is 13.4. The summed E-state index contributed by atoms with van der Waals surface area (Å²) in [7, 11) is 2.02. The summed E-state index contributed by atoms with van der Waals surface area (Å²) in [6, 6.07) is 17.2.